The highest BCUT2D eigenvalue weighted by Crippen LogP contribution is 2.29. The molecule has 1 amide bonds. The Hall–Kier alpha value is -3.09. The van der Waals surface area contributed by atoms with Crippen LogP contribution in [0.1, 0.15) is 6.92 Å². The first kappa shape index (κ1) is 13.9. The van der Waals surface area contributed by atoms with Crippen LogP contribution in [-0.2, 0) is 11.8 Å². The molecule has 0 N–H and O–H groups in total. The van der Waals surface area contributed by atoms with Crippen LogP contribution in [0.15, 0.2) is 47.9 Å². The van der Waals surface area contributed by atoms with Crippen LogP contribution in [0.25, 0.3) is 10.9 Å². The summed E-state index contributed by atoms with van der Waals surface area (Å²) in [6, 6.07) is 8.51. The summed E-state index contributed by atoms with van der Waals surface area (Å²) in [5, 5.41) is 8.04. The van der Waals surface area contributed by atoms with Crippen LogP contribution in [0.2, 0.25) is 0 Å². The SMILES string of the molecule is CC(=O)N(c1ccc2cnn(C)c2c1)c1cc(N=O)ccn1. The highest BCUT2D eigenvalue weighted by molar-refractivity contribution is 6.00. The van der Waals surface area contributed by atoms with Gasteiger partial charge in [0.25, 0.3) is 0 Å². The normalized spacial score (nSPS) is 10.6. The van der Waals surface area contributed by atoms with Crippen LogP contribution in [-0.4, -0.2) is 20.7 Å². The van der Waals surface area contributed by atoms with Crippen molar-refractivity contribution in [2.75, 3.05) is 4.90 Å². The number of nitrogens with zero attached hydrogens (tertiary/aromatic N) is 5. The third-order valence-corrected chi connectivity index (χ3v) is 3.37. The van der Waals surface area contributed by atoms with Gasteiger partial charge in [-0.3, -0.25) is 14.4 Å². The molecule has 7 nitrogen and oxygen atoms in total. The average Bonchev–Trinajstić information content (AvgIpc) is 2.88. The van der Waals surface area contributed by atoms with E-state index in [0.717, 1.165) is 10.9 Å². The number of benzene rings is 1. The number of carbonyl (C=O) groups is 1. The molecule has 3 aromatic rings. The zero-order chi connectivity index (χ0) is 15.7. The van der Waals surface area contributed by atoms with Gasteiger partial charge in [-0.2, -0.15) is 5.10 Å². The standard InChI is InChI=1S/C15H13N5O2/c1-10(21)20(15-7-12(18-22)5-6-16-15)13-4-3-11-9-17-19(2)14(11)8-13/h3-9H,1-2H3. The Morgan fingerprint density at radius 2 is 2.09 bits per heavy atom. The number of aryl methyl sites for hydroxylation is 1. The molecule has 0 bridgehead atoms. The van der Waals surface area contributed by atoms with E-state index in [1.54, 1.807) is 10.9 Å². The Labute approximate surface area is 126 Å². The first-order chi connectivity index (χ1) is 10.6. The predicted molar refractivity (Wildman–Crippen MR) is 83.2 cm³/mol. The maximum atomic E-state index is 12.1. The fourth-order valence-corrected chi connectivity index (χ4v) is 2.33. The second-order valence-corrected chi connectivity index (χ2v) is 4.83. The fraction of sp³-hybridized carbons (Fsp3) is 0.133. The van der Waals surface area contributed by atoms with E-state index in [1.165, 1.54) is 30.2 Å². The molecular weight excluding hydrogens is 282 g/mol. The number of anilines is 2. The van der Waals surface area contributed by atoms with Gasteiger partial charge in [0.15, 0.2) is 0 Å². The minimum absolute atomic E-state index is 0.211. The summed E-state index contributed by atoms with van der Waals surface area (Å²) in [7, 11) is 1.83. The topological polar surface area (TPSA) is 80.5 Å². The average molecular weight is 295 g/mol. The summed E-state index contributed by atoms with van der Waals surface area (Å²) in [6.07, 6.45) is 3.21. The molecule has 2 heterocycles. The number of carbonyl (C=O) groups excluding carboxylic acids is 1. The lowest BCUT2D eigenvalue weighted by Crippen LogP contribution is -2.23. The van der Waals surface area contributed by atoms with E-state index in [9.17, 15) is 9.70 Å². The number of hydrogen-bond donors (Lipinski definition) is 0. The van der Waals surface area contributed by atoms with E-state index in [-0.39, 0.29) is 11.6 Å². The van der Waals surface area contributed by atoms with Crippen LogP contribution < -0.4 is 4.90 Å². The van der Waals surface area contributed by atoms with E-state index in [1.807, 2.05) is 25.2 Å². The third-order valence-electron chi connectivity index (χ3n) is 3.37. The molecule has 0 spiro atoms. The van der Waals surface area contributed by atoms with Crippen molar-refractivity contribution in [1.82, 2.24) is 14.8 Å². The maximum Gasteiger partial charge on any atom is 0.229 e. The molecule has 0 radical (unpaired) electrons. The van der Waals surface area contributed by atoms with E-state index in [4.69, 9.17) is 0 Å². The summed E-state index contributed by atoms with van der Waals surface area (Å²) in [4.78, 5) is 28.3. The van der Waals surface area contributed by atoms with Gasteiger partial charge in [0, 0.05) is 31.6 Å². The maximum absolute atomic E-state index is 12.1. The minimum atomic E-state index is -0.211. The monoisotopic (exact) mass is 295 g/mol. The molecule has 22 heavy (non-hydrogen) atoms. The van der Waals surface area contributed by atoms with Crippen molar-refractivity contribution in [2.24, 2.45) is 12.2 Å². The summed E-state index contributed by atoms with van der Waals surface area (Å²) in [5.41, 5.74) is 1.77. The molecule has 3 rings (SSSR count). The van der Waals surface area contributed by atoms with E-state index in [0.29, 0.717) is 11.5 Å². The van der Waals surface area contributed by atoms with E-state index < -0.39 is 0 Å². The second kappa shape index (κ2) is 5.36. The summed E-state index contributed by atoms with van der Waals surface area (Å²) in [6.45, 7) is 1.44. The number of pyridine rings is 1. The third kappa shape index (κ3) is 2.32. The highest BCUT2D eigenvalue weighted by atomic mass is 16.3. The molecule has 7 heteroatoms. The lowest BCUT2D eigenvalue weighted by Gasteiger charge is -2.20. The van der Waals surface area contributed by atoms with Crippen molar-refractivity contribution in [3.8, 4) is 0 Å². The molecule has 2 aromatic heterocycles. The molecule has 0 aliphatic heterocycles. The number of rotatable bonds is 3. The highest BCUT2D eigenvalue weighted by Gasteiger charge is 2.17. The van der Waals surface area contributed by atoms with Crippen LogP contribution in [0.3, 0.4) is 0 Å². The van der Waals surface area contributed by atoms with Crippen molar-refractivity contribution in [3.63, 3.8) is 0 Å². The molecule has 0 aliphatic rings. The quantitative estimate of drug-likeness (QED) is 0.695. The van der Waals surface area contributed by atoms with Crippen molar-refractivity contribution in [2.45, 2.75) is 6.92 Å². The van der Waals surface area contributed by atoms with Crippen LogP contribution in [0.5, 0.6) is 0 Å². The van der Waals surface area contributed by atoms with Gasteiger partial charge in [0.05, 0.1) is 17.4 Å². The zero-order valence-electron chi connectivity index (χ0n) is 12.1. The zero-order valence-corrected chi connectivity index (χ0v) is 12.1. The van der Waals surface area contributed by atoms with Crippen molar-refractivity contribution >= 4 is 34.0 Å². The number of fused-ring (bicyclic) bond motifs is 1. The predicted octanol–water partition coefficient (Wildman–Crippen LogP) is 3.05. The molecule has 110 valence electrons. The lowest BCUT2D eigenvalue weighted by molar-refractivity contribution is -0.115. The molecule has 0 unspecified atom stereocenters. The van der Waals surface area contributed by atoms with E-state index in [2.05, 4.69) is 15.3 Å². The second-order valence-electron chi connectivity index (χ2n) is 4.83. The smallest absolute Gasteiger partial charge is 0.229 e. The molecule has 0 aliphatic carbocycles. The number of nitroso groups, excluding NO2 is 1. The fourth-order valence-electron chi connectivity index (χ4n) is 2.33. The first-order valence-corrected chi connectivity index (χ1v) is 6.62. The number of amides is 1. The van der Waals surface area contributed by atoms with Crippen molar-refractivity contribution in [3.05, 3.63) is 47.6 Å². The summed E-state index contributed by atoms with van der Waals surface area (Å²) < 4.78 is 1.73. The Balaban J connectivity index is 2.14. The van der Waals surface area contributed by atoms with Gasteiger partial charge in [-0.05, 0) is 29.4 Å². The summed E-state index contributed by atoms with van der Waals surface area (Å²) >= 11 is 0. The van der Waals surface area contributed by atoms with Gasteiger partial charge in [0.1, 0.15) is 11.5 Å². The molecule has 0 saturated heterocycles. The Morgan fingerprint density at radius 1 is 1.27 bits per heavy atom. The van der Waals surface area contributed by atoms with Gasteiger partial charge >= 0.3 is 0 Å². The Kier molecular flexibility index (Phi) is 3.38. The van der Waals surface area contributed by atoms with Crippen LogP contribution in [0.4, 0.5) is 17.2 Å². The first-order valence-electron chi connectivity index (χ1n) is 6.62. The minimum Gasteiger partial charge on any atom is -0.274 e. The van der Waals surface area contributed by atoms with Gasteiger partial charge in [-0.15, -0.1) is 4.91 Å². The van der Waals surface area contributed by atoms with E-state index >= 15 is 0 Å². The molecule has 0 saturated carbocycles. The molecule has 0 atom stereocenters. The van der Waals surface area contributed by atoms with Crippen LogP contribution >= 0.6 is 0 Å². The van der Waals surface area contributed by atoms with Gasteiger partial charge in [-0.1, -0.05) is 0 Å². The van der Waals surface area contributed by atoms with Crippen LogP contribution in [0, 0.1) is 4.91 Å². The van der Waals surface area contributed by atoms with Gasteiger partial charge in [0.2, 0.25) is 5.91 Å². The molecule has 0 fully saturated rings. The summed E-state index contributed by atoms with van der Waals surface area (Å²) in [5.74, 6) is 0.142. The van der Waals surface area contributed by atoms with Gasteiger partial charge in [-0.25, -0.2) is 4.98 Å². The lowest BCUT2D eigenvalue weighted by atomic mass is 10.2. The molecule has 1 aromatic carbocycles. The van der Waals surface area contributed by atoms with Crippen molar-refractivity contribution < 1.29 is 4.79 Å². The number of hydrogen-bond acceptors (Lipinski definition) is 5. The largest absolute Gasteiger partial charge is 0.274 e. The Morgan fingerprint density at radius 3 is 2.82 bits per heavy atom. The van der Waals surface area contributed by atoms with Gasteiger partial charge < -0.3 is 0 Å². The Bertz CT molecular complexity index is 871. The molecular formula is C15H13N5O2. The number of aromatic nitrogens is 3. The van der Waals surface area contributed by atoms with Crippen molar-refractivity contribution in [1.29, 1.82) is 0 Å².